The van der Waals surface area contributed by atoms with Crippen LogP contribution in [0.4, 0.5) is 23.7 Å². The molecule has 2 N–H and O–H groups in total. The number of carbonyl (C=O) groups is 3. The molecule has 0 aromatic heterocycles. The number of carbonyl (C=O) groups excluding carboxylic acids is 2. The molecule has 42 heavy (non-hydrogen) atoms. The standard InChI is InChI=1S/C31H25F3N2O6/c32-31(33,34)42-27-8-4-5-21(19-27)20-36(25-13-9-24(10-14-25)29(39)35-18-17-28(37)38)30(40)41-26-15-11-23(12-16-26)22-6-2-1-3-7-22/h1-16,19H,17-18,20H2,(H,35,39)(H,37,38). The summed E-state index contributed by atoms with van der Waals surface area (Å²) in [5.74, 6) is -1.77. The second-order valence-corrected chi connectivity index (χ2v) is 8.99. The molecule has 4 rings (SSSR count). The van der Waals surface area contributed by atoms with Crippen molar-refractivity contribution in [3.63, 3.8) is 0 Å². The number of nitrogens with zero attached hydrogens (tertiary/aromatic N) is 1. The van der Waals surface area contributed by atoms with Crippen LogP contribution < -0.4 is 19.7 Å². The Morgan fingerprint density at radius 1 is 0.786 bits per heavy atom. The molecule has 0 fully saturated rings. The Kier molecular flexibility index (Phi) is 9.43. The van der Waals surface area contributed by atoms with Crippen LogP contribution in [0.5, 0.6) is 11.5 Å². The highest BCUT2D eigenvalue weighted by molar-refractivity contribution is 5.95. The fourth-order valence-electron chi connectivity index (χ4n) is 3.96. The van der Waals surface area contributed by atoms with Gasteiger partial charge in [0.2, 0.25) is 0 Å². The maximum absolute atomic E-state index is 13.4. The highest BCUT2D eigenvalue weighted by Gasteiger charge is 2.31. The lowest BCUT2D eigenvalue weighted by Crippen LogP contribution is -2.33. The van der Waals surface area contributed by atoms with Gasteiger partial charge in [0.05, 0.1) is 13.0 Å². The van der Waals surface area contributed by atoms with E-state index in [2.05, 4.69) is 10.1 Å². The Morgan fingerprint density at radius 2 is 1.45 bits per heavy atom. The van der Waals surface area contributed by atoms with E-state index >= 15 is 0 Å². The number of anilines is 1. The first kappa shape index (κ1) is 29.7. The topological polar surface area (TPSA) is 105 Å². The molecular formula is C31H25F3N2O6. The van der Waals surface area contributed by atoms with Crippen molar-refractivity contribution in [2.75, 3.05) is 11.4 Å². The van der Waals surface area contributed by atoms with Crippen molar-refractivity contribution in [2.24, 2.45) is 0 Å². The van der Waals surface area contributed by atoms with Crippen LogP contribution in [0.2, 0.25) is 0 Å². The van der Waals surface area contributed by atoms with Gasteiger partial charge in [0.15, 0.2) is 0 Å². The number of nitrogens with one attached hydrogen (secondary N) is 1. The van der Waals surface area contributed by atoms with Crippen molar-refractivity contribution in [1.29, 1.82) is 0 Å². The number of hydrogen-bond acceptors (Lipinski definition) is 5. The first-order valence-electron chi connectivity index (χ1n) is 12.7. The van der Waals surface area contributed by atoms with Crippen molar-refractivity contribution in [3.8, 4) is 22.6 Å². The molecule has 4 aromatic rings. The maximum Gasteiger partial charge on any atom is 0.573 e. The van der Waals surface area contributed by atoms with E-state index in [-0.39, 0.29) is 30.8 Å². The van der Waals surface area contributed by atoms with E-state index in [0.29, 0.717) is 11.3 Å². The highest BCUT2D eigenvalue weighted by atomic mass is 19.4. The number of carboxylic acids is 1. The summed E-state index contributed by atoms with van der Waals surface area (Å²) < 4.78 is 47.9. The number of benzene rings is 4. The average molecular weight is 579 g/mol. The second-order valence-electron chi connectivity index (χ2n) is 8.99. The molecule has 11 heteroatoms. The number of hydrogen-bond donors (Lipinski definition) is 2. The summed E-state index contributed by atoms with van der Waals surface area (Å²) >= 11 is 0. The zero-order valence-electron chi connectivity index (χ0n) is 22.0. The van der Waals surface area contributed by atoms with E-state index < -0.39 is 30.1 Å². The Bertz CT molecular complexity index is 1530. The largest absolute Gasteiger partial charge is 0.573 e. The number of carboxylic acid groups (broad SMARTS) is 1. The fourth-order valence-corrected chi connectivity index (χ4v) is 3.96. The van der Waals surface area contributed by atoms with E-state index in [9.17, 15) is 27.6 Å². The molecule has 0 saturated carbocycles. The molecule has 0 aliphatic heterocycles. The van der Waals surface area contributed by atoms with Crippen molar-refractivity contribution >= 4 is 23.7 Å². The summed E-state index contributed by atoms with van der Waals surface area (Å²) in [6.07, 6.45) is -5.94. The molecule has 216 valence electrons. The van der Waals surface area contributed by atoms with Gasteiger partial charge in [0, 0.05) is 17.8 Å². The highest BCUT2D eigenvalue weighted by Crippen LogP contribution is 2.27. The summed E-state index contributed by atoms with van der Waals surface area (Å²) in [7, 11) is 0. The monoisotopic (exact) mass is 578 g/mol. The third-order valence-electron chi connectivity index (χ3n) is 5.93. The minimum absolute atomic E-state index is 0.0617. The van der Waals surface area contributed by atoms with E-state index in [1.54, 1.807) is 24.3 Å². The normalized spacial score (nSPS) is 10.9. The van der Waals surface area contributed by atoms with Crippen LogP contribution in [0.3, 0.4) is 0 Å². The van der Waals surface area contributed by atoms with Crippen LogP contribution in [0, 0.1) is 0 Å². The zero-order valence-corrected chi connectivity index (χ0v) is 22.0. The van der Waals surface area contributed by atoms with Crippen LogP contribution >= 0.6 is 0 Å². The summed E-state index contributed by atoms with van der Waals surface area (Å²) in [6.45, 7) is -0.242. The van der Waals surface area contributed by atoms with Crippen LogP contribution in [0.1, 0.15) is 22.3 Å². The van der Waals surface area contributed by atoms with Crippen molar-refractivity contribution in [2.45, 2.75) is 19.3 Å². The Balaban J connectivity index is 1.56. The predicted molar refractivity (Wildman–Crippen MR) is 148 cm³/mol. The van der Waals surface area contributed by atoms with Crippen LogP contribution in [0.25, 0.3) is 11.1 Å². The van der Waals surface area contributed by atoms with E-state index in [1.807, 2.05) is 30.3 Å². The van der Waals surface area contributed by atoms with Crippen molar-refractivity contribution < 1.29 is 42.1 Å². The van der Waals surface area contributed by atoms with Gasteiger partial charge in [-0.3, -0.25) is 14.5 Å². The van der Waals surface area contributed by atoms with Gasteiger partial charge < -0.3 is 19.9 Å². The molecule has 0 spiro atoms. The third kappa shape index (κ3) is 8.59. The Labute approximate surface area is 238 Å². The van der Waals surface area contributed by atoms with Crippen LogP contribution in [-0.2, 0) is 11.3 Å². The minimum atomic E-state index is -4.88. The first-order valence-corrected chi connectivity index (χ1v) is 12.7. The van der Waals surface area contributed by atoms with Gasteiger partial charge >= 0.3 is 18.4 Å². The molecule has 0 bridgehead atoms. The van der Waals surface area contributed by atoms with Gasteiger partial charge in [-0.25, -0.2) is 4.79 Å². The number of rotatable bonds is 10. The SMILES string of the molecule is O=C(O)CCNC(=O)c1ccc(N(Cc2cccc(OC(F)(F)F)c2)C(=O)Oc2ccc(-c3ccccc3)cc2)cc1. The van der Waals surface area contributed by atoms with Crippen LogP contribution in [0.15, 0.2) is 103 Å². The van der Waals surface area contributed by atoms with Gasteiger partial charge in [0.25, 0.3) is 5.91 Å². The summed E-state index contributed by atoms with van der Waals surface area (Å²) in [6, 6.07) is 27.4. The number of ether oxygens (including phenoxy) is 2. The number of halogens is 3. The molecule has 0 radical (unpaired) electrons. The molecule has 0 heterocycles. The number of amides is 2. The summed E-state index contributed by atoms with van der Waals surface area (Å²) in [4.78, 5) is 37.6. The molecule has 8 nitrogen and oxygen atoms in total. The molecule has 4 aromatic carbocycles. The van der Waals surface area contributed by atoms with Gasteiger partial charge in [-0.2, -0.15) is 0 Å². The van der Waals surface area contributed by atoms with Gasteiger partial charge in [-0.15, -0.1) is 13.2 Å². The van der Waals surface area contributed by atoms with Crippen LogP contribution in [-0.4, -0.2) is 36.0 Å². The molecule has 0 saturated heterocycles. The average Bonchev–Trinajstić information content (AvgIpc) is 2.96. The smallest absolute Gasteiger partial charge is 0.481 e. The zero-order chi connectivity index (χ0) is 30.1. The lowest BCUT2D eigenvalue weighted by molar-refractivity contribution is -0.274. The van der Waals surface area contributed by atoms with E-state index in [4.69, 9.17) is 9.84 Å². The Morgan fingerprint density at radius 3 is 2.10 bits per heavy atom. The fraction of sp³-hybridized carbons (Fsp3) is 0.129. The lowest BCUT2D eigenvalue weighted by Gasteiger charge is -2.23. The molecule has 2 amide bonds. The van der Waals surface area contributed by atoms with Gasteiger partial charge in [-0.05, 0) is 65.2 Å². The minimum Gasteiger partial charge on any atom is -0.481 e. The Hall–Kier alpha value is -5.32. The number of aliphatic carboxylic acids is 1. The van der Waals surface area contributed by atoms with Gasteiger partial charge in [0.1, 0.15) is 11.5 Å². The molecule has 0 unspecified atom stereocenters. The van der Waals surface area contributed by atoms with Crippen molar-refractivity contribution in [1.82, 2.24) is 5.32 Å². The predicted octanol–water partition coefficient (Wildman–Crippen LogP) is 6.66. The molecular weight excluding hydrogens is 553 g/mol. The quantitative estimate of drug-likeness (QED) is 0.218. The van der Waals surface area contributed by atoms with Crippen molar-refractivity contribution in [3.05, 3.63) is 114 Å². The third-order valence-corrected chi connectivity index (χ3v) is 5.93. The van der Waals surface area contributed by atoms with E-state index in [0.717, 1.165) is 23.3 Å². The first-order chi connectivity index (χ1) is 20.1. The number of alkyl halides is 3. The summed E-state index contributed by atoms with van der Waals surface area (Å²) in [5, 5.41) is 11.2. The maximum atomic E-state index is 13.4. The van der Waals surface area contributed by atoms with E-state index in [1.165, 1.54) is 41.3 Å². The second kappa shape index (κ2) is 13.4. The molecule has 0 aliphatic rings. The molecule has 0 atom stereocenters. The lowest BCUT2D eigenvalue weighted by atomic mass is 10.1. The summed E-state index contributed by atoms with van der Waals surface area (Å²) in [5.41, 5.74) is 2.72. The van der Waals surface area contributed by atoms with Gasteiger partial charge in [-0.1, -0.05) is 54.6 Å². The molecule has 0 aliphatic carbocycles.